The van der Waals surface area contributed by atoms with Gasteiger partial charge in [-0.3, -0.25) is 4.79 Å². The molecule has 4 nitrogen and oxygen atoms in total. The van der Waals surface area contributed by atoms with E-state index in [0.29, 0.717) is 11.5 Å². The smallest absolute Gasteiger partial charge is 0.243 e. The van der Waals surface area contributed by atoms with Crippen molar-refractivity contribution in [2.24, 2.45) is 0 Å². The molecule has 4 heteroatoms. The minimum atomic E-state index is -0.0717. The highest BCUT2D eigenvalue weighted by atomic mass is 16.5. The molecule has 1 amide bonds. The van der Waals surface area contributed by atoms with Gasteiger partial charge in [0.25, 0.3) is 0 Å². The Bertz CT molecular complexity index is 495. The van der Waals surface area contributed by atoms with E-state index in [-0.39, 0.29) is 12.0 Å². The highest BCUT2D eigenvalue weighted by Gasteiger charge is 2.06. The zero-order chi connectivity index (χ0) is 16.4. The third kappa shape index (κ3) is 6.66. The maximum atomic E-state index is 11.7. The van der Waals surface area contributed by atoms with Gasteiger partial charge in [-0.2, -0.15) is 0 Å². The third-order valence-corrected chi connectivity index (χ3v) is 3.06. The van der Waals surface area contributed by atoms with Gasteiger partial charge in [-0.1, -0.05) is 25.8 Å². The molecule has 1 aromatic carbocycles. The first kappa shape index (κ1) is 18.1. The summed E-state index contributed by atoms with van der Waals surface area (Å²) in [4.78, 5) is 11.7. The van der Waals surface area contributed by atoms with Crippen LogP contribution in [0, 0.1) is 0 Å². The summed E-state index contributed by atoms with van der Waals surface area (Å²) in [5.74, 6) is 1.30. The van der Waals surface area contributed by atoms with Crippen LogP contribution in [-0.2, 0) is 4.79 Å². The summed E-state index contributed by atoms with van der Waals surface area (Å²) >= 11 is 0. The predicted octanol–water partition coefficient (Wildman–Crippen LogP) is 3.80. The summed E-state index contributed by atoms with van der Waals surface area (Å²) in [7, 11) is 1.61. The number of unbranched alkanes of at least 4 members (excludes halogenated alkanes) is 2. The van der Waals surface area contributed by atoms with Crippen molar-refractivity contribution in [1.29, 1.82) is 0 Å². The van der Waals surface area contributed by atoms with Gasteiger partial charge in [-0.05, 0) is 44.0 Å². The first-order chi connectivity index (χ1) is 10.6. The average Bonchev–Trinajstić information content (AvgIpc) is 2.50. The minimum Gasteiger partial charge on any atom is -0.493 e. The summed E-state index contributed by atoms with van der Waals surface area (Å²) in [6.45, 7) is 6.80. The van der Waals surface area contributed by atoms with E-state index in [1.165, 1.54) is 0 Å². The van der Waals surface area contributed by atoms with Crippen molar-refractivity contribution in [2.75, 3.05) is 13.7 Å². The van der Waals surface area contributed by atoms with Crippen LogP contribution in [0.4, 0.5) is 0 Å². The molecule has 0 aliphatic heterocycles. The molecule has 0 spiro atoms. The molecule has 122 valence electrons. The molecule has 0 aromatic heterocycles. The molecule has 0 atom stereocenters. The lowest BCUT2D eigenvalue weighted by Crippen LogP contribution is -2.21. The Hall–Kier alpha value is -1.97. The lowest BCUT2D eigenvalue weighted by Gasteiger charge is -2.13. The number of methoxy groups -OCH3 is 1. The standard InChI is InChI=1S/C18H27NO3/c1-5-6-7-12-19-18(20)11-9-15-8-10-16(22-14(2)3)17(13-15)21-4/h8-11,13-14H,5-7,12H2,1-4H3,(H,19,20)/b11-9+. The monoisotopic (exact) mass is 305 g/mol. The van der Waals surface area contributed by atoms with Gasteiger partial charge in [-0.25, -0.2) is 0 Å². The Morgan fingerprint density at radius 3 is 2.68 bits per heavy atom. The fourth-order valence-electron chi connectivity index (χ4n) is 1.96. The van der Waals surface area contributed by atoms with Gasteiger partial charge >= 0.3 is 0 Å². The number of hydrogen-bond donors (Lipinski definition) is 1. The number of amides is 1. The van der Waals surface area contributed by atoms with Gasteiger partial charge in [0.05, 0.1) is 13.2 Å². The van der Waals surface area contributed by atoms with Gasteiger partial charge in [0.15, 0.2) is 11.5 Å². The SMILES string of the molecule is CCCCCNC(=O)/C=C/c1ccc(OC(C)C)c(OC)c1. The van der Waals surface area contributed by atoms with E-state index < -0.39 is 0 Å². The Labute approximate surface area is 133 Å². The zero-order valence-electron chi connectivity index (χ0n) is 14.0. The van der Waals surface area contributed by atoms with E-state index in [2.05, 4.69) is 12.2 Å². The van der Waals surface area contributed by atoms with E-state index in [4.69, 9.17) is 9.47 Å². The number of benzene rings is 1. The van der Waals surface area contributed by atoms with Crippen LogP contribution in [0.1, 0.15) is 45.6 Å². The van der Waals surface area contributed by atoms with Gasteiger partial charge in [-0.15, -0.1) is 0 Å². The number of carbonyl (C=O) groups is 1. The quantitative estimate of drug-likeness (QED) is 0.557. The Morgan fingerprint density at radius 1 is 1.27 bits per heavy atom. The molecule has 0 aliphatic carbocycles. The third-order valence-electron chi connectivity index (χ3n) is 3.06. The first-order valence-corrected chi connectivity index (χ1v) is 7.87. The first-order valence-electron chi connectivity index (χ1n) is 7.87. The van der Waals surface area contributed by atoms with E-state index in [0.717, 1.165) is 31.4 Å². The summed E-state index contributed by atoms with van der Waals surface area (Å²) in [6.07, 6.45) is 6.71. The molecular formula is C18H27NO3. The van der Waals surface area contributed by atoms with Crippen molar-refractivity contribution in [2.45, 2.75) is 46.1 Å². The molecule has 0 fully saturated rings. The van der Waals surface area contributed by atoms with Crippen molar-refractivity contribution in [3.8, 4) is 11.5 Å². The van der Waals surface area contributed by atoms with Gasteiger partial charge in [0.1, 0.15) is 0 Å². The van der Waals surface area contributed by atoms with Crippen molar-refractivity contribution in [3.63, 3.8) is 0 Å². The predicted molar refractivity (Wildman–Crippen MR) is 90.3 cm³/mol. The molecule has 1 rings (SSSR count). The van der Waals surface area contributed by atoms with Gasteiger partial charge < -0.3 is 14.8 Å². The lowest BCUT2D eigenvalue weighted by molar-refractivity contribution is -0.116. The second kappa shape index (κ2) is 9.87. The molecule has 0 saturated carbocycles. The molecule has 0 heterocycles. The van der Waals surface area contributed by atoms with Crippen LogP contribution < -0.4 is 14.8 Å². The van der Waals surface area contributed by atoms with E-state index in [9.17, 15) is 4.79 Å². The van der Waals surface area contributed by atoms with Crippen LogP contribution in [-0.4, -0.2) is 25.7 Å². The summed E-state index contributed by atoms with van der Waals surface area (Å²) in [5, 5.41) is 2.87. The summed E-state index contributed by atoms with van der Waals surface area (Å²) in [5.41, 5.74) is 0.900. The Morgan fingerprint density at radius 2 is 2.05 bits per heavy atom. The molecule has 0 unspecified atom stereocenters. The van der Waals surface area contributed by atoms with Gasteiger partial charge in [0, 0.05) is 12.6 Å². The molecule has 1 N–H and O–H groups in total. The maximum absolute atomic E-state index is 11.7. The van der Waals surface area contributed by atoms with Crippen LogP contribution >= 0.6 is 0 Å². The number of hydrogen-bond acceptors (Lipinski definition) is 3. The molecule has 0 bridgehead atoms. The molecule has 0 aliphatic rings. The molecule has 0 saturated heterocycles. The highest BCUT2D eigenvalue weighted by Crippen LogP contribution is 2.29. The highest BCUT2D eigenvalue weighted by molar-refractivity contribution is 5.91. The summed E-state index contributed by atoms with van der Waals surface area (Å²) < 4.78 is 11.0. The minimum absolute atomic E-state index is 0.0717. The zero-order valence-corrected chi connectivity index (χ0v) is 14.0. The van der Waals surface area contributed by atoms with Crippen LogP contribution in [0.2, 0.25) is 0 Å². The fourth-order valence-corrected chi connectivity index (χ4v) is 1.96. The van der Waals surface area contributed by atoms with E-state index in [1.807, 2.05) is 32.0 Å². The normalized spacial score (nSPS) is 11.0. The van der Waals surface area contributed by atoms with Crippen molar-refractivity contribution in [1.82, 2.24) is 5.32 Å². The number of nitrogens with one attached hydrogen (secondary N) is 1. The largest absolute Gasteiger partial charge is 0.493 e. The van der Waals surface area contributed by atoms with Crippen molar-refractivity contribution < 1.29 is 14.3 Å². The summed E-state index contributed by atoms with van der Waals surface area (Å²) in [6, 6.07) is 5.62. The van der Waals surface area contributed by atoms with E-state index >= 15 is 0 Å². The number of carbonyl (C=O) groups excluding carboxylic acids is 1. The molecule has 1 aromatic rings. The van der Waals surface area contributed by atoms with E-state index in [1.54, 1.807) is 19.3 Å². The van der Waals surface area contributed by atoms with Crippen molar-refractivity contribution in [3.05, 3.63) is 29.8 Å². The number of rotatable bonds is 9. The fraction of sp³-hybridized carbons (Fsp3) is 0.500. The lowest BCUT2D eigenvalue weighted by atomic mass is 10.2. The van der Waals surface area contributed by atoms with Gasteiger partial charge in [0.2, 0.25) is 5.91 Å². The average molecular weight is 305 g/mol. The number of ether oxygens (including phenoxy) is 2. The maximum Gasteiger partial charge on any atom is 0.243 e. The van der Waals surface area contributed by atoms with Crippen LogP contribution in [0.5, 0.6) is 11.5 Å². The Balaban J connectivity index is 2.61. The Kier molecular flexibility index (Phi) is 8.11. The molecule has 22 heavy (non-hydrogen) atoms. The molecule has 0 radical (unpaired) electrons. The second-order valence-corrected chi connectivity index (χ2v) is 5.41. The molecular weight excluding hydrogens is 278 g/mol. The second-order valence-electron chi connectivity index (χ2n) is 5.41. The van der Waals surface area contributed by atoms with Crippen molar-refractivity contribution >= 4 is 12.0 Å². The van der Waals surface area contributed by atoms with Crippen LogP contribution in [0.25, 0.3) is 6.08 Å². The van der Waals surface area contributed by atoms with Crippen LogP contribution in [0.15, 0.2) is 24.3 Å². The van der Waals surface area contributed by atoms with Crippen LogP contribution in [0.3, 0.4) is 0 Å². The topological polar surface area (TPSA) is 47.6 Å².